The number of benzene rings is 1. The Labute approximate surface area is 199 Å². The van der Waals surface area contributed by atoms with Gasteiger partial charge in [-0.2, -0.15) is 4.98 Å². The van der Waals surface area contributed by atoms with Crippen molar-refractivity contribution < 1.29 is 9.18 Å². The third-order valence-electron chi connectivity index (χ3n) is 6.32. The van der Waals surface area contributed by atoms with Crippen LogP contribution >= 0.6 is 0 Å². The molecule has 1 amide bonds. The molecule has 2 atom stereocenters. The minimum atomic E-state index is -0.526. The molecule has 3 N–H and O–H groups in total. The summed E-state index contributed by atoms with van der Waals surface area (Å²) in [5.41, 5.74) is 2.91. The second kappa shape index (κ2) is 10.6. The van der Waals surface area contributed by atoms with E-state index >= 15 is 0 Å². The van der Waals surface area contributed by atoms with E-state index in [2.05, 4.69) is 50.7 Å². The summed E-state index contributed by atoms with van der Waals surface area (Å²) in [6, 6.07) is 7.26. The van der Waals surface area contributed by atoms with Crippen molar-refractivity contribution in [3.8, 4) is 0 Å². The number of rotatable bonds is 8. The van der Waals surface area contributed by atoms with Gasteiger partial charge in [-0.15, -0.1) is 0 Å². The number of carbonyl (C=O) groups is 1. The average Bonchev–Trinajstić information content (AvgIpc) is 2.78. The molecule has 0 spiro atoms. The number of allylic oxidation sites excluding steroid dienone is 4. The number of hydrogen-bond acceptors (Lipinski definition) is 6. The summed E-state index contributed by atoms with van der Waals surface area (Å²) >= 11 is 0. The van der Waals surface area contributed by atoms with E-state index in [0.29, 0.717) is 22.9 Å². The van der Waals surface area contributed by atoms with Gasteiger partial charge in [-0.1, -0.05) is 38.1 Å². The lowest BCUT2D eigenvalue weighted by Crippen LogP contribution is -2.37. The maximum Gasteiger partial charge on any atom is 0.251 e. The van der Waals surface area contributed by atoms with E-state index in [0.717, 1.165) is 31.5 Å². The van der Waals surface area contributed by atoms with Gasteiger partial charge in [0.05, 0.1) is 6.20 Å². The highest BCUT2D eigenvalue weighted by atomic mass is 19.1. The zero-order valence-corrected chi connectivity index (χ0v) is 19.8. The fourth-order valence-corrected chi connectivity index (χ4v) is 3.70. The second-order valence-electron chi connectivity index (χ2n) is 8.87. The Morgan fingerprint density at radius 2 is 2.03 bits per heavy atom. The topological polar surface area (TPSA) is 82.2 Å². The van der Waals surface area contributed by atoms with Gasteiger partial charge in [0.15, 0.2) is 11.6 Å². The summed E-state index contributed by atoms with van der Waals surface area (Å²) in [7, 11) is 0. The molecule has 1 aromatic carbocycles. The van der Waals surface area contributed by atoms with Gasteiger partial charge in [-0.3, -0.25) is 9.69 Å². The Bertz CT molecular complexity index is 1140. The van der Waals surface area contributed by atoms with Crippen LogP contribution in [0.2, 0.25) is 0 Å². The number of amides is 1. The minimum absolute atomic E-state index is 0.116. The average molecular weight is 463 g/mol. The molecule has 7 nitrogen and oxygen atoms in total. The first kappa shape index (κ1) is 23.6. The maximum absolute atomic E-state index is 14.4. The van der Waals surface area contributed by atoms with E-state index in [4.69, 9.17) is 0 Å². The maximum atomic E-state index is 14.4. The van der Waals surface area contributed by atoms with Gasteiger partial charge in [0.2, 0.25) is 5.95 Å². The molecule has 0 bridgehead atoms. The lowest BCUT2D eigenvalue weighted by molar-refractivity contribution is -0.112. The Morgan fingerprint density at radius 3 is 2.79 bits per heavy atom. The van der Waals surface area contributed by atoms with E-state index in [1.165, 1.54) is 6.42 Å². The predicted molar refractivity (Wildman–Crippen MR) is 134 cm³/mol. The molecule has 2 heterocycles. The van der Waals surface area contributed by atoms with E-state index < -0.39 is 5.82 Å². The Hall–Kier alpha value is -3.52. The summed E-state index contributed by atoms with van der Waals surface area (Å²) in [6.45, 7) is 9.01. The van der Waals surface area contributed by atoms with Crippen LogP contribution in [0.15, 0.2) is 66.0 Å². The molecule has 34 heavy (non-hydrogen) atoms. The Morgan fingerprint density at radius 1 is 1.24 bits per heavy atom. The van der Waals surface area contributed by atoms with Crippen LogP contribution in [0, 0.1) is 17.7 Å². The van der Waals surface area contributed by atoms with E-state index in [-0.39, 0.29) is 23.6 Å². The molecule has 0 radical (unpaired) electrons. The first-order chi connectivity index (χ1) is 16.4. The minimum Gasteiger partial charge on any atom is -0.341 e. The monoisotopic (exact) mass is 462 g/mol. The Balaban J connectivity index is 1.41. The van der Waals surface area contributed by atoms with Gasteiger partial charge >= 0.3 is 0 Å². The van der Waals surface area contributed by atoms with Gasteiger partial charge in [0.25, 0.3) is 5.91 Å². The van der Waals surface area contributed by atoms with Crippen molar-refractivity contribution in [1.82, 2.24) is 14.9 Å². The van der Waals surface area contributed by atoms with Gasteiger partial charge in [-0.05, 0) is 56.6 Å². The van der Waals surface area contributed by atoms with Crippen molar-refractivity contribution >= 4 is 29.0 Å². The summed E-state index contributed by atoms with van der Waals surface area (Å²) in [4.78, 5) is 23.2. The largest absolute Gasteiger partial charge is 0.341 e. The number of likely N-dealkylation sites (tertiary alicyclic amines) is 1. The molecule has 1 aliphatic heterocycles. The summed E-state index contributed by atoms with van der Waals surface area (Å²) in [5, 5.41) is 9.12. The van der Waals surface area contributed by atoms with Crippen LogP contribution in [0.25, 0.3) is 0 Å². The first-order valence-electron chi connectivity index (χ1n) is 11.6. The van der Waals surface area contributed by atoms with E-state index in [1.807, 2.05) is 43.4 Å². The molecular weight excluding hydrogens is 431 g/mol. The molecule has 1 saturated heterocycles. The number of halogens is 1. The smallest absolute Gasteiger partial charge is 0.251 e. The third-order valence-corrected chi connectivity index (χ3v) is 6.32. The van der Waals surface area contributed by atoms with Crippen LogP contribution in [0.4, 0.5) is 27.5 Å². The SMILES string of the molecule is C/C(=C\CN1CCC1)C(=O)Nc1cccc(Nc2ncc(F)c(NC3=CC=CC(C)C3C)n2)c1. The van der Waals surface area contributed by atoms with Crippen molar-refractivity contribution in [1.29, 1.82) is 0 Å². The zero-order chi connectivity index (χ0) is 24.1. The second-order valence-corrected chi connectivity index (χ2v) is 8.87. The highest BCUT2D eigenvalue weighted by Crippen LogP contribution is 2.27. The number of nitrogens with zero attached hydrogens (tertiary/aromatic N) is 3. The molecule has 178 valence electrons. The zero-order valence-electron chi connectivity index (χ0n) is 19.8. The summed E-state index contributed by atoms with van der Waals surface area (Å²) in [5.74, 6) is 0.278. The molecule has 8 heteroatoms. The lowest BCUT2D eigenvalue weighted by Gasteiger charge is -2.29. The summed E-state index contributed by atoms with van der Waals surface area (Å²) < 4.78 is 14.4. The van der Waals surface area contributed by atoms with Crippen LogP contribution < -0.4 is 16.0 Å². The summed E-state index contributed by atoms with van der Waals surface area (Å²) in [6.07, 6.45) is 10.3. The first-order valence-corrected chi connectivity index (χ1v) is 11.6. The van der Waals surface area contributed by atoms with E-state index in [9.17, 15) is 9.18 Å². The Kier molecular flexibility index (Phi) is 7.37. The van der Waals surface area contributed by atoms with Crippen LogP contribution in [-0.4, -0.2) is 40.4 Å². The molecule has 2 aromatic rings. The fraction of sp³-hybridized carbons (Fsp3) is 0.346. The highest BCUT2D eigenvalue weighted by Gasteiger charge is 2.19. The number of hydrogen-bond donors (Lipinski definition) is 3. The van der Waals surface area contributed by atoms with Crippen molar-refractivity contribution in [2.24, 2.45) is 11.8 Å². The number of anilines is 4. The molecule has 0 saturated carbocycles. The van der Waals surface area contributed by atoms with Crippen molar-refractivity contribution in [2.45, 2.75) is 27.2 Å². The molecule has 2 unspecified atom stereocenters. The fourth-order valence-electron chi connectivity index (χ4n) is 3.70. The van der Waals surface area contributed by atoms with Crippen molar-refractivity contribution in [3.63, 3.8) is 0 Å². The standard InChI is InChI=1S/C26H31FN6O/c1-17-7-4-10-23(19(17)3)31-24-22(27)16-28-26(32-24)30-21-9-5-8-20(15-21)29-25(34)18(2)11-14-33-12-6-13-33/h4-5,7-11,15-17,19H,6,12-14H2,1-3H3,(H,29,34)(H2,28,30,31,32)/b18-11+. The van der Waals surface area contributed by atoms with Crippen LogP contribution in [0.5, 0.6) is 0 Å². The number of aromatic nitrogens is 2. The molecule has 1 aliphatic carbocycles. The molecule has 1 fully saturated rings. The molecule has 2 aliphatic rings. The van der Waals surface area contributed by atoms with Gasteiger partial charge in [0.1, 0.15) is 0 Å². The van der Waals surface area contributed by atoms with Gasteiger partial charge in [0, 0.05) is 35.1 Å². The van der Waals surface area contributed by atoms with Crippen LogP contribution in [0.3, 0.4) is 0 Å². The van der Waals surface area contributed by atoms with Gasteiger partial charge in [-0.25, -0.2) is 9.37 Å². The predicted octanol–water partition coefficient (Wildman–Crippen LogP) is 5.09. The molecular formula is C26H31FN6O. The van der Waals surface area contributed by atoms with Gasteiger partial charge < -0.3 is 16.0 Å². The highest BCUT2D eigenvalue weighted by molar-refractivity contribution is 6.03. The number of nitrogens with one attached hydrogen (secondary N) is 3. The van der Waals surface area contributed by atoms with E-state index in [1.54, 1.807) is 6.07 Å². The van der Waals surface area contributed by atoms with Crippen LogP contribution in [-0.2, 0) is 4.79 Å². The molecule has 1 aromatic heterocycles. The van der Waals surface area contributed by atoms with Crippen molar-refractivity contribution in [2.75, 3.05) is 35.6 Å². The number of carbonyl (C=O) groups excluding carboxylic acids is 1. The molecule has 4 rings (SSSR count). The quantitative estimate of drug-likeness (QED) is 0.474. The van der Waals surface area contributed by atoms with Crippen LogP contribution in [0.1, 0.15) is 27.2 Å². The lowest BCUT2D eigenvalue weighted by atomic mass is 9.89. The van der Waals surface area contributed by atoms with Crippen molar-refractivity contribution in [3.05, 3.63) is 71.9 Å². The third kappa shape index (κ3) is 5.88. The normalized spacial score (nSPS) is 20.4.